The quantitative estimate of drug-likeness (QED) is 0.296. The largest absolute Gasteiger partial charge is 0.461 e. The molecule has 0 unspecified atom stereocenters. The molecule has 0 aromatic heterocycles. The van der Waals surface area contributed by atoms with Gasteiger partial charge in [-0.25, -0.2) is 4.79 Å². The van der Waals surface area contributed by atoms with Crippen LogP contribution in [0.25, 0.3) is 0 Å². The summed E-state index contributed by atoms with van der Waals surface area (Å²) in [6.45, 7) is 12.1. The molecule has 0 rings (SSSR count). The van der Waals surface area contributed by atoms with Gasteiger partial charge >= 0.3 is 5.97 Å². The van der Waals surface area contributed by atoms with Crippen LogP contribution in [0.3, 0.4) is 0 Å². The summed E-state index contributed by atoms with van der Waals surface area (Å²) in [5, 5.41) is 0. The van der Waals surface area contributed by atoms with Crippen molar-refractivity contribution in [2.45, 2.75) is 92.4 Å². The number of allylic oxidation sites excluding steroid dienone is 1. The van der Waals surface area contributed by atoms with Crippen LogP contribution in [-0.4, -0.2) is 19.1 Å². The van der Waals surface area contributed by atoms with E-state index in [-0.39, 0.29) is 5.97 Å². The van der Waals surface area contributed by atoms with Crippen molar-refractivity contribution in [1.82, 2.24) is 0 Å². The molecule has 0 bridgehead atoms. The molecular weight excluding hydrogens is 310 g/mol. The van der Waals surface area contributed by atoms with E-state index >= 15 is 0 Å². The van der Waals surface area contributed by atoms with Crippen molar-refractivity contribution >= 4 is 5.97 Å². The Hall–Kier alpha value is -0.830. The summed E-state index contributed by atoms with van der Waals surface area (Å²) in [6, 6.07) is 0. The third kappa shape index (κ3) is 16.4. The molecule has 0 spiro atoms. The molecule has 2 atom stereocenters. The minimum atomic E-state index is -0.262. The Morgan fingerprint density at radius 2 is 1.44 bits per heavy atom. The van der Waals surface area contributed by atoms with E-state index in [1.54, 1.807) is 6.08 Å². The summed E-state index contributed by atoms with van der Waals surface area (Å²) in [5.74, 6) is 2.23. The highest BCUT2D eigenvalue weighted by atomic mass is 16.5. The Balaban J connectivity index is 3.71. The number of esters is 1. The SMILES string of the molecule is C/C(=C\C(=O)OCCN)CCC[C@H](C)CCC[C@H](C)CCCC(C)C. The lowest BCUT2D eigenvalue weighted by molar-refractivity contribution is -0.137. The van der Waals surface area contributed by atoms with E-state index in [0.717, 1.165) is 36.2 Å². The van der Waals surface area contributed by atoms with Crippen LogP contribution in [0, 0.1) is 17.8 Å². The first-order chi connectivity index (χ1) is 11.8. The van der Waals surface area contributed by atoms with E-state index in [4.69, 9.17) is 10.5 Å². The van der Waals surface area contributed by atoms with Crippen LogP contribution in [0.5, 0.6) is 0 Å². The van der Waals surface area contributed by atoms with E-state index in [1.807, 2.05) is 6.92 Å². The first kappa shape index (κ1) is 24.2. The van der Waals surface area contributed by atoms with Crippen LogP contribution in [-0.2, 0) is 9.53 Å². The van der Waals surface area contributed by atoms with Gasteiger partial charge in [-0.2, -0.15) is 0 Å². The second kappa shape index (κ2) is 15.4. The van der Waals surface area contributed by atoms with Crippen LogP contribution < -0.4 is 5.73 Å². The Bertz CT molecular complexity index is 363. The number of nitrogens with two attached hydrogens (primary N) is 1. The lowest BCUT2D eigenvalue weighted by atomic mass is 9.91. The zero-order chi connectivity index (χ0) is 19.1. The molecule has 0 amide bonds. The number of hydrogen-bond acceptors (Lipinski definition) is 3. The highest BCUT2D eigenvalue weighted by molar-refractivity contribution is 5.82. The van der Waals surface area contributed by atoms with E-state index in [1.165, 1.54) is 44.9 Å². The highest BCUT2D eigenvalue weighted by Crippen LogP contribution is 2.22. The van der Waals surface area contributed by atoms with Gasteiger partial charge in [-0.1, -0.05) is 78.2 Å². The van der Waals surface area contributed by atoms with Gasteiger partial charge in [-0.05, 0) is 37.5 Å². The van der Waals surface area contributed by atoms with Gasteiger partial charge in [-0.15, -0.1) is 0 Å². The molecule has 0 aromatic rings. The number of carbonyl (C=O) groups excluding carboxylic acids is 1. The number of hydrogen-bond donors (Lipinski definition) is 1. The Morgan fingerprint density at radius 3 is 1.96 bits per heavy atom. The number of ether oxygens (including phenoxy) is 1. The molecule has 0 radical (unpaired) electrons. The molecule has 0 heterocycles. The van der Waals surface area contributed by atoms with Crippen molar-refractivity contribution < 1.29 is 9.53 Å². The standard InChI is InChI=1S/C22H43NO2/c1-18(2)9-6-10-19(3)11-7-12-20(4)13-8-14-21(5)17-22(24)25-16-15-23/h17-20H,6-16,23H2,1-5H3/b21-17+/t19-,20-/m1/s1. The second-order valence-electron chi connectivity index (χ2n) is 8.31. The second-order valence-corrected chi connectivity index (χ2v) is 8.31. The highest BCUT2D eigenvalue weighted by Gasteiger charge is 2.07. The fraction of sp³-hybridized carbons (Fsp3) is 0.864. The molecule has 0 aliphatic heterocycles. The van der Waals surface area contributed by atoms with Gasteiger partial charge < -0.3 is 10.5 Å². The molecule has 0 fully saturated rings. The molecule has 0 saturated carbocycles. The molecule has 3 heteroatoms. The van der Waals surface area contributed by atoms with Crippen LogP contribution in [0.1, 0.15) is 92.4 Å². The van der Waals surface area contributed by atoms with Crippen molar-refractivity contribution in [3.05, 3.63) is 11.6 Å². The van der Waals surface area contributed by atoms with Crippen LogP contribution in [0.15, 0.2) is 11.6 Å². The first-order valence-electron chi connectivity index (χ1n) is 10.4. The Labute approximate surface area is 156 Å². The van der Waals surface area contributed by atoms with Crippen molar-refractivity contribution in [1.29, 1.82) is 0 Å². The third-order valence-corrected chi connectivity index (χ3v) is 4.87. The van der Waals surface area contributed by atoms with Gasteiger partial charge in [0.2, 0.25) is 0 Å². The Morgan fingerprint density at radius 1 is 0.920 bits per heavy atom. The van der Waals surface area contributed by atoms with Crippen molar-refractivity contribution in [3.63, 3.8) is 0 Å². The van der Waals surface area contributed by atoms with E-state index in [0.29, 0.717) is 13.2 Å². The topological polar surface area (TPSA) is 52.3 Å². The van der Waals surface area contributed by atoms with Crippen molar-refractivity contribution in [2.24, 2.45) is 23.5 Å². The van der Waals surface area contributed by atoms with Crippen molar-refractivity contribution in [3.8, 4) is 0 Å². The zero-order valence-electron chi connectivity index (χ0n) is 17.5. The smallest absolute Gasteiger partial charge is 0.330 e. The molecule has 0 aliphatic rings. The van der Waals surface area contributed by atoms with Crippen LogP contribution in [0.4, 0.5) is 0 Å². The summed E-state index contributed by atoms with van der Waals surface area (Å²) < 4.78 is 4.97. The molecular formula is C22H43NO2. The summed E-state index contributed by atoms with van der Waals surface area (Å²) in [6.07, 6.45) is 13.2. The molecule has 148 valence electrons. The predicted octanol–water partition coefficient (Wildman–Crippen LogP) is 5.87. The van der Waals surface area contributed by atoms with Gasteiger partial charge in [0.1, 0.15) is 6.61 Å². The van der Waals surface area contributed by atoms with Gasteiger partial charge in [0.15, 0.2) is 0 Å². The monoisotopic (exact) mass is 353 g/mol. The fourth-order valence-corrected chi connectivity index (χ4v) is 3.18. The Kier molecular flexibility index (Phi) is 14.9. The predicted molar refractivity (Wildman–Crippen MR) is 108 cm³/mol. The average molecular weight is 354 g/mol. The van der Waals surface area contributed by atoms with Crippen LogP contribution >= 0.6 is 0 Å². The van der Waals surface area contributed by atoms with E-state index < -0.39 is 0 Å². The summed E-state index contributed by atoms with van der Waals surface area (Å²) in [4.78, 5) is 11.5. The lowest BCUT2D eigenvalue weighted by Gasteiger charge is -2.15. The molecule has 2 N–H and O–H groups in total. The van der Waals surface area contributed by atoms with Gasteiger partial charge in [0.05, 0.1) is 0 Å². The minimum Gasteiger partial charge on any atom is -0.461 e. The fourth-order valence-electron chi connectivity index (χ4n) is 3.18. The van der Waals surface area contributed by atoms with Gasteiger partial charge in [-0.3, -0.25) is 0 Å². The van der Waals surface area contributed by atoms with E-state index in [9.17, 15) is 4.79 Å². The number of rotatable bonds is 15. The average Bonchev–Trinajstić information content (AvgIpc) is 2.52. The maximum Gasteiger partial charge on any atom is 0.330 e. The summed E-state index contributed by atoms with van der Waals surface area (Å²) in [5.41, 5.74) is 6.42. The van der Waals surface area contributed by atoms with E-state index in [2.05, 4.69) is 27.7 Å². The third-order valence-electron chi connectivity index (χ3n) is 4.87. The van der Waals surface area contributed by atoms with Crippen LogP contribution in [0.2, 0.25) is 0 Å². The number of carbonyl (C=O) groups is 1. The molecule has 3 nitrogen and oxygen atoms in total. The zero-order valence-corrected chi connectivity index (χ0v) is 17.5. The summed E-state index contributed by atoms with van der Waals surface area (Å²) >= 11 is 0. The van der Waals surface area contributed by atoms with Gasteiger partial charge in [0, 0.05) is 12.6 Å². The normalized spacial score (nSPS) is 14.6. The van der Waals surface area contributed by atoms with Gasteiger partial charge in [0.25, 0.3) is 0 Å². The summed E-state index contributed by atoms with van der Waals surface area (Å²) in [7, 11) is 0. The molecule has 25 heavy (non-hydrogen) atoms. The maximum absolute atomic E-state index is 11.5. The molecule has 0 saturated heterocycles. The van der Waals surface area contributed by atoms with Crippen molar-refractivity contribution in [2.75, 3.05) is 13.2 Å². The maximum atomic E-state index is 11.5. The lowest BCUT2D eigenvalue weighted by Crippen LogP contribution is -2.12. The molecule has 0 aromatic carbocycles. The minimum absolute atomic E-state index is 0.262. The first-order valence-corrected chi connectivity index (χ1v) is 10.4. The molecule has 0 aliphatic carbocycles.